The maximum absolute atomic E-state index is 14.8. The van der Waals surface area contributed by atoms with E-state index in [2.05, 4.69) is 26.6 Å². The van der Waals surface area contributed by atoms with Gasteiger partial charge in [-0.3, -0.25) is 33.6 Å². The number of nitrogens with one attached hydrogen (secondary N) is 5. The van der Waals surface area contributed by atoms with Crippen LogP contribution in [0.2, 0.25) is 0 Å². The quantitative estimate of drug-likeness (QED) is 0.0426. The van der Waals surface area contributed by atoms with Crippen molar-refractivity contribution < 1.29 is 78.8 Å². The number of aromatic hydroxyl groups is 2. The number of ether oxygens (including phenoxy) is 2. The van der Waals surface area contributed by atoms with Gasteiger partial charge in [-0.15, -0.1) is 0 Å². The lowest BCUT2D eigenvalue weighted by Gasteiger charge is -2.41. The smallest absolute Gasteiger partial charge is 0.246 e. The zero-order chi connectivity index (χ0) is 52.8. The lowest BCUT2D eigenvalue weighted by molar-refractivity contribution is -0.311. The lowest BCUT2D eigenvalue weighted by atomic mass is 9.99. The Morgan fingerprint density at radius 2 is 1.25 bits per heavy atom. The van der Waals surface area contributed by atoms with Gasteiger partial charge in [0.15, 0.2) is 6.29 Å². The summed E-state index contributed by atoms with van der Waals surface area (Å²) in [5, 5.41) is 83.6. The summed E-state index contributed by atoms with van der Waals surface area (Å²) in [5.41, 5.74) is 13.0. The highest BCUT2D eigenvalue weighted by atomic mass is 16.7. The fourth-order valence-corrected chi connectivity index (χ4v) is 8.15. The van der Waals surface area contributed by atoms with E-state index >= 15 is 0 Å². The molecule has 2 aliphatic heterocycles. The number of carbonyl (C=O) groups excluding carboxylic acids is 7. The van der Waals surface area contributed by atoms with Crippen molar-refractivity contribution in [1.29, 1.82) is 0 Å². The number of phenols is 2. The summed E-state index contributed by atoms with van der Waals surface area (Å²) in [5.74, 6) is -6.37. The molecule has 2 fully saturated rings. The number of amides is 7. The van der Waals surface area contributed by atoms with Gasteiger partial charge >= 0.3 is 0 Å². The van der Waals surface area contributed by atoms with Crippen molar-refractivity contribution in [3.8, 4) is 11.5 Å². The molecule has 2 heterocycles. The van der Waals surface area contributed by atoms with Crippen LogP contribution in [0.4, 0.5) is 0 Å². The molecule has 13 atom stereocenters. The summed E-state index contributed by atoms with van der Waals surface area (Å²) < 4.78 is 11.5. The monoisotopic (exact) mass is 1010 g/mol. The van der Waals surface area contributed by atoms with Crippen molar-refractivity contribution in [2.75, 3.05) is 19.8 Å². The van der Waals surface area contributed by atoms with E-state index in [1.165, 1.54) is 55.1 Å². The molecule has 0 radical (unpaired) electrons. The number of phenolic OH excluding ortho intramolecular Hbond substituents is 2. The Balaban J connectivity index is 1.45. The van der Waals surface area contributed by atoms with E-state index in [0.717, 1.165) is 0 Å². The largest absolute Gasteiger partial charge is 0.508 e. The SMILES string of the molecule is C[C@@H](NC(=O)[C@@H](N)Cc1ccc(O)cc1)C(=O)N[C@@H](Cc1ccccc1)C(=O)N[C@H](C(=O)N[C@@H](Cc1ccc(O)cc1)C(=O)N1CCC[C@H]1C(=O)N[C@@H](CO)C(N)=O)[C@@H](C)O[C@@H]1O[C@H](CO)[C@@H](O)[C@H](O)[C@H]1O. The van der Waals surface area contributed by atoms with Gasteiger partial charge in [0.05, 0.1) is 25.4 Å². The molecule has 3 aromatic rings. The number of hydrogen-bond donors (Lipinski definition) is 14. The Bertz CT molecular complexity index is 2330. The average molecular weight is 1010 g/mol. The van der Waals surface area contributed by atoms with E-state index in [4.69, 9.17) is 20.9 Å². The highest BCUT2D eigenvalue weighted by Gasteiger charge is 2.46. The Labute approximate surface area is 414 Å². The van der Waals surface area contributed by atoms with Crippen molar-refractivity contribution in [1.82, 2.24) is 31.5 Å². The van der Waals surface area contributed by atoms with Crippen LogP contribution in [0.3, 0.4) is 0 Å². The maximum Gasteiger partial charge on any atom is 0.246 e. The van der Waals surface area contributed by atoms with Crippen molar-refractivity contribution in [3.63, 3.8) is 0 Å². The fraction of sp³-hybridized carbons (Fsp3) is 0.479. The van der Waals surface area contributed by atoms with E-state index < -0.39 is 134 Å². The summed E-state index contributed by atoms with van der Waals surface area (Å²) in [6, 6.07) is 10.1. The molecule has 7 amide bonds. The molecule has 0 aliphatic carbocycles. The van der Waals surface area contributed by atoms with Gasteiger partial charge < -0.3 is 88.2 Å². The highest BCUT2D eigenvalue weighted by molar-refractivity contribution is 5.97. The predicted octanol–water partition coefficient (Wildman–Crippen LogP) is -4.43. The first-order chi connectivity index (χ1) is 34.2. The maximum atomic E-state index is 14.8. The second-order valence-corrected chi connectivity index (χ2v) is 17.8. The second kappa shape index (κ2) is 26.1. The molecule has 0 bridgehead atoms. The average Bonchev–Trinajstić information content (AvgIpc) is 3.86. The molecule has 0 unspecified atom stereocenters. The van der Waals surface area contributed by atoms with Crippen LogP contribution in [0.25, 0.3) is 0 Å². The van der Waals surface area contributed by atoms with E-state index in [9.17, 15) is 69.3 Å². The summed E-state index contributed by atoms with van der Waals surface area (Å²) in [6.45, 7) is 0.988. The normalized spacial score (nSPS) is 22.7. The number of hydrogen-bond acceptors (Lipinski definition) is 17. The third kappa shape index (κ3) is 15.1. The molecular formula is C48H64N8O16. The first kappa shape index (κ1) is 56.1. The van der Waals surface area contributed by atoms with Gasteiger partial charge in [0.25, 0.3) is 0 Å². The molecule has 0 aromatic heterocycles. The van der Waals surface area contributed by atoms with E-state index in [1.807, 2.05) is 0 Å². The van der Waals surface area contributed by atoms with E-state index in [0.29, 0.717) is 23.1 Å². The van der Waals surface area contributed by atoms with Gasteiger partial charge in [-0.25, -0.2) is 0 Å². The zero-order valence-corrected chi connectivity index (χ0v) is 39.6. The van der Waals surface area contributed by atoms with Gasteiger partial charge in [0.1, 0.15) is 72.2 Å². The van der Waals surface area contributed by atoms with Crippen molar-refractivity contribution in [3.05, 3.63) is 95.6 Å². The Hall–Kier alpha value is -6.77. The Morgan fingerprint density at radius 3 is 1.83 bits per heavy atom. The number of aliphatic hydroxyl groups excluding tert-OH is 5. The van der Waals surface area contributed by atoms with E-state index in [-0.39, 0.29) is 43.7 Å². The number of carbonyl (C=O) groups is 7. The Kier molecular flexibility index (Phi) is 20.3. The van der Waals surface area contributed by atoms with Gasteiger partial charge in [-0.2, -0.15) is 0 Å². The number of nitrogens with two attached hydrogens (primary N) is 2. The molecule has 0 saturated carbocycles. The number of likely N-dealkylation sites (tertiary alicyclic amines) is 1. The minimum absolute atomic E-state index is 0.0140. The van der Waals surface area contributed by atoms with Crippen molar-refractivity contribution in [2.24, 2.45) is 11.5 Å². The lowest BCUT2D eigenvalue weighted by Crippen LogP contribution is -2.64. The molecule has 392 valence electrons. The third-order valence-electron chi connectivity index (χ3n) is 12.3. The van der Waals surface area contributed by atoms with Crippen LogP contribution < -0.4 is 38.1 Å². The van der Waals surface area contributed by atoms with Gasteiger partial charge in [0, 0.05) is 19.4 Å². The molecule has 0 spiro atoms. The number of benzene rings is 3. The molecule has 16 N–H and O–H groups in total. The second-order valence-electron chi connectivity index (χ2n) is 17.8. The van der Waals surface area contributed by atoms with Crippen LogP contribution in [0.15, 0.2) is 78.9 Å². The molecule has 2 aliphatic rings. The summed E-state index contributed by atoms with van der Waals surface area (Å²) in [4.78, 5) is 97.3. The summed E-state index contributed by atoms with van der Waals surface area (Å²) >= 11 is 0. The summed E-state index contributed by atoms with van der Waals surface area (Å²) in [7, 11) is 0. The van der Waals surface area contributed by atoms with Gasteiger partial charge in [0.2, 0.25) is 41.4 Å². The molecule has 3 aromatic carbocycles. The summed E-state index contributed by atoms with van der Waals surface area (Å²) in [6.07, 6.45) is -10.4. The Morgan fingerprint density at radius 1 is 0.681 bits per heavy atom. The van der Waals surface area contributed by atoms with Crippen molar-refractivity contribution >= 4 is 41.4 Å². The standard InChI is InChI=1S/C48H64N8O16/c1-24(51-43(66)31(49)19-27-10-14-29(59)15-11-27)42(65)52-32(20-26-7-4-3-5-8-26)44(67)55-37(25(2)71-48-40(63)39(62)38(61)36(23-58)72-48)46(69)53-33(21-28-12-16-30(60)17-13-28)47(70)56-18-6-9-35(56)45(68)54-34(22-57)41(50)64/h3-5,7-8,10-17,24-25,31-40,48,57-63H,6,9,18-23,49H2,1-2H3,(H2,50,64)(H,51,66)(H,52,65)(H,53,69)(H,54,68)(H,55,67)/t24-,25-,31+,32+,33+,34+,35+,36-,37+,38-,39+,40-,48-/m1/s1. The van der Waals surface area contributed by atoms with Crippen LogP contribution in [0.5, 0.6) is 11.5 Å². The van der Waals surface area contributed by atoms with Crippen LogP contribution in [-0.2, 0) is 62.3 Å². The van der Waals surface area contributed by atoms with Gasteiger partial charge in [-0.05, 0) is 74.1 Å². The molecule has 24 nitrogen and oxygen atoms in total. The number of aliphatic hydroxyl groups is 5. The molecule has 72 heavy (non-hydrogen) atoms. The highest BCUT2D eigenvalue weighted by Crippen LogP contribution is 2.25. The molecule has 24 heteroatoms. The first-order valence-electron chi connectivity index (χ1n) is 23.2. The van der Waals surface area contributed by atoms with Gasteiger partial charge in [-0.1, -0.05) is 54.6 Å². The van der Waals surface area contributed by atoms with Crippen LogP contribution in [-0.4, -0.2) is 181 Å². The molecule has 5 rings (SSSR count). The molecule has 2 saturated heterocycles. The number of rotatable bonds is 23. The fourth-order valence-electron chi connectivity index (χ4n) is 8.15. The van der Waals surface area contributed by atoms with Crippen LogP contribution >= 0.6 is 0 Å². The van der Waals surface area contributed by atoms with Crippen LogP contribution in [0.1, 0.15) is 43.4 Å². The van der Waals surface area contributed by atoms with Crippen molar-refractivity contribution in [2.45, 2.75) is 125 Å². The third-order valence-corrected chi connectivity index (χ3v) is 12.3. The minimum Gasteiger partial charge on any atom is -0.508 e. The first-order valence-corrected chi connectivity index (χ1v) is 23.2. The zero-order valence-electron chi connectivity index (χ0n) is 39.6. The number of primary amides is 1. The number of nitrogens with zero attached hydrogens (tertiary/aromatic N) is 1. The minimum atomic E-state index is -1.96. The van der Waals surface area contributed by atoms with Crippen LogP contribution in [0, 0.1) is 0 Å². The topological polar surface area (TPSA) is 395 Å². The predicted molar refractivity (Wildman–Crippen MR) is 252 cm³/mol. The molecular weight excluding hydrogens is 945 g/mol. The van der Waals surface area contributed by atoms with E-state index in [1.54, 1.807) is 42.5 Å².